The number of halogens is 2. The van der Waals surface area contributed by atoms with Gasteiger partial charge < -0.3 is 5.73 Å². The summed E-state index contributed by atoms with van der Waals surface area (Å²) in [5.41, 5.74) is 7.42. The van der Waals surface area contributed by atoms with Gasteiger partial charge in [-0.25, -0.2) is 14.4 Å². The molecule has 113 valence electrons. The molecule has 2 heterocycles. The topological polar surface area (TPSA) is 72.1 Å². The Morgan fingerprint density at radius 1 is 1.50 bits per heavy atom. The Morgan fingerprint density at radius 3 is 3.09 bits per heavy atom. The van der Waals surface area contributed by atoms with Crippen LogP contribution in [-0.4, -0.2) is 27.3 Å². The third kappa shape index (κ3) is 3.15. The minimum Gasteiger partial charge on any atom is -0.363 e. The average Bonchev–Trinajstić information content (AvgIpc) is 2.50. The fraction of sp³-hybridized carbons (Fsp3) is 0.267. The van der Waals surface area contributed by atoms with Crippen molar-refractivity contribution in [3.63, 3.8) is 0 Å². The first-order valence-electron chi connectivity index (χ1n) is 6.76. The molecule has 3 rings (SSSR count). The van der Waals surface area contributed by atoms with Crippen molar-refractivity contribution < 1.29 is 9.18 Å². The van der Waals surface area contributed by atoms with Crippen molar-refractivity contribution in [1.29, 1.82) is 0 Å². The molecule has 0 unspecified atom stereocenters. The number of fused-ring (bicyclic) bond motifs is 1. The molecule has 0 fully saturated rings. The van der Waals surface area contributed by atoms with Crippen molar-refractivity contribution in [2.75, 3.05) is 6.54 Å². The van der Waals surface area contributed by atoms with Crippen molar-refractivity contribution in [3.8, 4) is 0 Å². The summed E-state index contributed by atoms with van der Waals surface area (Å²) in [5.74, 6) is -0.940. The first-order chi connectivity index (χ1) is 10.5. The number of hydrogen-bond acceptors (Lipinski definition) is 4. The van der Waals surface area contributed by atoms with Crippen LogP contribution in [0.5, 0.6) is 0 Å². The molecular weight excluding hydrogens is 351 g/mol. The SMILES string of the molecule is NC(=O)c1n[c]c2c(n1)CN(Cc1cc(Br)ccc1F)CC2. The second kappa shape index (κ2) is 6.10. The van der Waals surface area contributed by atoms with Gasteiger partial charge in [0.2, 0.25) is 5.82 Å². The summed E-state index contributed by atoms with van der Waals surface area (Å²) in [6.07, 6.45) is 3.53. The van der Waals surface area contributed by atoms with E-state index in [0.29, 0.717) is 25.1 Å². The molecule has 5 nitrogen and oxygen atoms in total. The molecule has 1 aliphatic heterocycles. The van der Waals surface area contributed by atoms with E-state index in [1.807, 2.05) is 0 Å². The number of amides is 1. The molecule has 0 aliphatic carbocycles. The zero-order chi connectivity index (χ0) is 15.7. The normalized spacial score (nSPS) is 14.6. The van der Waals surface area contributed by atoms with E-state index in [1.54, 1.807) is 12.1 Å². The molecule has 1 aliphatic rings. The summed E-state index contributed by atoms with van der Waals surface area (Å²) in [6, 6.07) is 4.88. The molecule has 0 saturated heterocycles. The molecule has 0 spiro atoms. The maximum absolute atomic E-state index is 13.8. The van der Waals surface area contributed by atoms with Gasteiger partial charge in [-0.1, -0.05) is 15.9 Å². The lowest BCUT2D eigenvalue weighted by Crippen LogP contribution is -2.32. The first kappa shape index (κ1) is 15.1. The van der Waals surface area contributed by atoms with E-state index in [0.717, 1.165) is 22.3 Å². The van der Waals surface area contributed by atoms with E-state index in [2.05, 4.69) is 37.0 Å². The first-order valence-corrected chi connectivity index (χ1v) is 7.56. The minimum atomic E-state index is -0.672. The Kier molecular flexibility index (Phi) is 4.17. The standard InChI is InChI=1S/C15H13BrFN4O/c16-11-1-2-12(17)10(5-11)7-21-4-3-9-6-19-15(14(18)22)20-13(9)8-21/h1-2,5H,3-4,7-8H2,(H2,18,22). The summed E-state index contributed by atoms with van der Waals surface area (Å²) < 4.78 is 14.7. The van der Waals surface area contributed by atoms with Crippen LogP contribution in [-0.2, 0) is 19.5 Å². The van der Waals surface area contributed by atoms with Gasteiger partial charge in [-0.2, -0.15) is 0 Å². The smallest absolute Gasteiger partial charge is 0.286 e. The zero-order valence-electron chi connectivity index (χ0n) is 11.6. The van der Waals surface area contributed by atoms with Crippen LogP contribution in [0.1, 0.15) is 27.4 Å². The van der Waals surface area contributed by atoms with E-state index < -0.39 is 5.91 Å². The maximum atomic E-state index is 13.8. The number of benzene rings is 1. The van der Waals surface area contributed by atoms with Gasteiger partial charge in [0.25, 0.3) is 5.91 Å². The van der Waals surface area contributed by atoms with Gasteiger partial charge in [0, 0.05) is 35.2 Å². The number of hydrogen-bond donors (Lipinski definition) is 1. The van der Waals surface area contributed by atoms with Crippen LogP contribution in [0.3, 0.4) is 0 Å². The summed E-state index contributed by atoms with van der Waals surface area (Å²) in [5, 5.41) is 0. The average molecular weight is 364 g/mol. The van der Waals surface area contributed by atoms with Gasteiger partial charge in [-0.15, -0.1) is 0 Å². The summed E-state index contributed by atoms with van der Waals surface area (Å²) in [4.78, 5) is 21.2. The molecule has 1 aromatic heterocycles. The van der Waals surface area contributed by atoms with E-state index in [1.165, 1.54) is 6.07 Å². The van der Waals surface area contributed by atoms with Crippen LogP contribution in [0.15, 0.2) is 22.7 Å². The van der Waals surface area contributed by atoms with Crippen LogP contribution in [0.25, 0.3) is 0 Å². The Hall–Kier alpha value is -1.86. The predicted molar refractivity (Wildman–Crippen MR) is 81.3 cm³/mol. The van der Waals surface area contributed by atoms with Gasteiger partial charge in [0.05, 0.1) is 11.9 Å². The zero-order valence-corrected chi connectivity index (χ0v) is 13.2. The lowest BCUT2D eigenvalue weighted by molar-refractivity contribution is 0.0989. The fourth-order valence-corrected chi connectivity index (χ4v) is 2.86. The van der Waals surface area contributed by atoms with Crippen molar-refractivity contribution in [3.05, 3.63) is 57.3 Å². The van der Waals surface area contributed by atoms with Crippen LogP contribution in [0, 0.1) is 12.0 Å². The monoisotopic (exact) mass is 363 g/mol. The number of nitrogens with two attached hydrogens (primary N) is 1. The molecule has 0 atom stereocenters. The predicted octanol–water partition coefficient (Wildman–Crippen LogP) is 1.84. The molecule has 0 bridgehead atoms. The minimum absolute atomic E-state index is 0.0331. The Labute approximate surface area is 135 Å². The third-order valence-corrected chi connectivity index (χ3v) is 4.05. The van der Waals surface area contributed by atoms with E-state index in [4.69, 9.17) is 5.73 Å². The molecule has 0 saturated carbocycles. The molecule has 1 aromatic carbocycles. The van der Waals surface area contributed by atoms with Crippen molar-refractivity contribution >= 4 is 21.8 Å². The highest BCUT2D eigenvalue weighted by Crippen LogP contribution is 2.21. The highest BCUT2D eigenvalue weighted by Gasteiger charge is 2.21. The lowest BCUT2D eigenvalue weighted by Gasteiger charge is -2.27. The Balaban J connectivity index is 1.80. The van der Waals surface area contributed by atoms with Gasteiger partial charge in [0.1, 0.15) is 5.82 Å². The molecule has 1 radical (unpaired) electrons. The number of nitrogens with zero attached hydrogens (tertiary/aromatic N) is 3. The van der Waals surface area contributed by atoms with Gasteiger partial charge in [-0.05, 0) is 24.6 Å². The third-order valence-electron chi connectivity index (χ3n) is 3.56. The van der Waals surface area contributed by atoms with Crippen molar-refractivity contribution in [2.24, 2.45) is 5.73 Å². The van der Waals surface area contributed by atoms with Gasteiger partial charge >= 0.3 is 0 Å². The van der Waals surface area contributed by atoms with Gasteiger partial charge in [0.15, 0.2) is 0 Å². The number of aromatic nitrogens is 2. The fourth-order valence-electron chi connectivity index (χ4n) is 2.45. The van der Waals surface area contributed by atoms with E-state index >= 15 is 0 Å². The quantitative estimate of drug-likeness (QED) is 0.902. The maximum Gasteiger partial charge on any atom is 0.286 e. The van der Waals surface area contributed by atoms with Crippen molar-refractivity contribution in [2.45, 2.75) is 19.5 Å². The van der Waals surface area contributed by atoms with Crippen LogP contribution in [0.4, 0.5) is 4.39 Å². The van der Waals surface area contributed by atoms with E-state index in [-0.39, 0.29) is 11.6 Å². The highest BCUT2D eigenvalue weighted by atomic mass is 79.9. The Morgan fingerprint density at radius 2 is 2.32 bits per heavy atom. The van der Waals surface area contributed by atoms with Crippen LogP contribution < -0.4 is 5.73 Å². The molecule has 2 aromatic rings. The van der Waals surface area contributed by atoms with Crippen LogP contribution >= 0.6 is 15.9 Å². The van der Waals surface area contributed by atoms with Crippen molar-refractivity contribution in [1.82, 2.24) is 14.9 Å². The number of carbonyl (C=O) groups is 1. The summed E-state index contributed by atoms with van der Waals surface area (Å²) >= 11 is 3.35. The molecule has 1 amide bonds. The highest BCUT2D eigenvalue weighted by molar-refractivity contribution is 9.10. The van der Waals surface area contributed by atoms with E-state index in [9.17, 15) is 9.18 Å². The lowest BCUT2D eigenvalue weighted by atomic mass is 10.1. The number of primary amides is 1. The second-order valence-electron chi connectivity index (χ2n) is 5.14. The summed E-state index contributed by atoms with van der Waals surface area (Å²) in [6.45, 7) is 1.75. The summed E-state index contributed by atoms with van der Waals surface area (Å²) in [7, 11) is 0. The van der Waals surface area contributed by atoms with Gasteiger partial charge in [-0.3, -0.25) is 9.69 Å². The molecule has 2 N–H and O–H groups in total. The molecular formula is C15H13BrFN4O. The second-order valence-corrected chi connectivity index (χ2v) is 6.06. The number of rotatable bonds is 3. The number of carbonyl (C=O) groups excluding carboxylic acids is 1. The molecule has 22 heavy (non-hydrogen) atoms. The largest absolute Gasteiger partial charge is 0.363 e. The van der Waals surface area contributed by atoms with Crippen LogP contribution in [0.2, 0.25) is 0 Å². The Bertz CT molecular complexity index is 737. The molecule has 7 heteroatoms.